The molecule has 2 heteroatoms. The molecule has 0 aliphatic carbocycles. The van der Waals surface area contributed by atoms with Crippen LogP contribution in [0.3, 0.4) is 0 Å². The first-order valence-electron chi connectivity index (χ1n) is 7.63. The Balaban J connectivity index is 3.98. The van der Waals surface area contributed by atoms with E-state index in [-0.39, 0.29) is 5.78 Å². The van der Waals surface area contributed by atoms with Gasteiger partial charge in [0.25, 0.3) is 0 Å². The largest absolute Gasteiger partial charge is 0.300 e. The molecule has 2 nitrogen and oxygen atoms in total. The zero-order chi connectivity index (χ0) is 15.5. The van der Waals surface area contributed by atoms with Crippen molar-refractivity contribution < 1.29 is 9.59 Å². The maximum Gasteiger partial charge on any atom is 0.137 e. The number of hydrogen-bond acceptors (Lipinski definition) is 2. The molecule has 0 aromatic rings. The Hall–Kier alpha value is -1.18. The molecule has 0 aromatic carbocycles. The van der Waals surface area contributed by atoms with Crippen LogP contribution in [0.1, 0.15) is 73.1 Å². The van der Waals surface area contributed by atoms with Gasteiger partial charge in [-0.05, 0) is 46.0 Å². The van der Waals surface area contributed by atoms with Crippen molar-refractivity contribution in [2.75, 3.05) is 0 Å². The molecular formula is C18H30O2. The smallest absolute Gasteiger partial charge is 0.137 e. The van der Waals surface area contributed by atoms with E-state index >= 15 is 0 Å². The quantitative estimate of drug-likeness (QED) is 0.525. The molecule has 0 aliphatic heterocycles. The standard InChI is InChI=1S/C18H30O2/c1-14(2)12-18(20)13-16(4)10-6-8-15(3)9-7-11-17(5)19/h9-10,14H,6-8,11-13H2,1-5H3/b15-9+,16-10+. The molecule has 114 valence electrons. The Morgan fingerprint density at radius 1 is 0.900 bits per heavy atom. The lowest BCUT2D eigenvalue weighted by atomic mass is 10.0. The Kier molecular flexibility index (Phi) is 9.96. The van der Waals surface area contributed by atoms with Crippen molar-refractivity contribution in [3.05, 3.63) is 23.3 Å². The minimum atomic E-state index is 0.244. The number of carbonyl (C=O) groups excluding carboxylic acids is 2. The normalized spacial score (nSPS) is 12.9. The Morgan fingerprint density at radius 2 is 1.45 bits per heavy atom. The summed E-state index contributed by atoms with van der Waals surface area (Å²) in [7, 11) is 0. The van der Waals surface area contributed by atoms with E-state index in [2.05, 4.69) is 32.9 Å². The predicted octanol–water partition coefficient (Wildman–Crippen LogP) is 5.03. The summed E-state index contributed by atoms with van der Waals surface area (Å²) >= 11 is 0. The molecule has 0 radical (unpaired) electrons. The third-order valence-corrected chi connectivity index (χ3v) is 3.13. The molecule has 0 unspecified atom stereocenters. The van der Waals surface area contributed by atoms with E-state index in [9.17, 15) is 9.59 Å². The van der Waals surface area contributed by atoms with Gasteiger partial charge in [-0.2, -0.15) is 0 Å². The molecular weight excluding hydrogens is 248 g/mol. The van der Waals surface area contributed by atoms with Crippen molar-refractivity contribution in [3.8, 4) is 0 Å². The summed E-state index contributed by atoms with van der Waals surface area (Å²) in [6.07, 6.45) is 9.04. The van der Waals surface area contributed by atoms with E-state index in [1.807, 2.05) is 6.92 Å². The van der Waals surface area contributed by atoms with Gasteiger partial charge in [0.1, 0.15) is 11.6 Å². The summed E-state index contributed by atoms with van der Waals surface area (Å²) < 4.78 is 0. The van der Waals surface area contributed by atoms with Crippen LogP contribution in [0.2, 0.25) is 0 Å². The number of ketones is 2. The van der Waals surface area contributed by atoms with Gasteiger partial charge in [-0.1, -0.05) is 37.1 Å². The predicted molar refractivity (Wildman–Crippen MR) is 85.7 cm³/mol. The monoisotopic (exact) mass is 278 g/mol. The highest BCUT2D eigenvalue weighted by molar-refractivity contribution is 5.80. The summed E-state index contributed by atoms with van der Waals surface area (Å²) in [4.78, 5) is 22.5. The molecule has 0 rings (SSSR count). The molecule has 0 aromatic heterocycles. The molecule has 0 saturated carbocycles. The maximum atomic E-state index is 11.7. The topological polar surface area (TPSA) is 34.1 Å². The van der Waals surface area contributed by atoms with Crippen LogP contribution in [-0.2, 0) is 9.59 Å². The van der Waals surface area contributed by atoms with Crippen molar-refractivity contribution >= 4 is 11.6 Å². The van der Waals surface area contributed by atoms with Crippen LogP contribution in [0.4, 0.5) is 0 Å². The number of carbonyl (C=O) groups is 2. The lowest BCUT2D eigenvalue weighted by Gasteiger charge is -2.04. The second-order valence-corrected chi connectivity index (χ2v) is 6.19. The third-order valence-electron chi connectivity index (χ3n) is 3.13. The van der Waals surface area contributed by atoms with Gasteiger partial charge in [0.15, 0.2) is 0 Å². The Labute approximate surface area is 124 Å². The highest BCUT2D eigenvalue weighted by atomic mass is 16.1. The van der Waals surface area contributed by atoms with E-state index in [1.54, 1.807) is 6.92 Å². The van der Waals surface area contributed by atoms with Crippen LogP contribution in [0.15, 0.2) is 23.3 Å². The first kappa shape index (κ1) is 18.8. The first-order chi connectivity index (χ1) is 9.31. The zero-order valence-corrected chi connectivity index (χ0v) is 13.8. The van der Waals surface area contributed by atoms with Crippen molar-refractivity contribution in [3.63, 3.8) is 0 Å². The van der Waals surface area contributed by atoms with E-state index in [0.29, 0.717) is 31.0 Å². The average molecular weight is 278 g/mol. The van der Waals surface area contributed by atoms with Gasteiger partial charge in [0.05, 0.1) is 0 Å². The van der Waals surface area contributed by atoms with Crippen molar-refractivity contribution in [1.82, 2.24) is 0 Å². The minimum Gasteiger partial charge on any atom is -0.300 e. The number of hydrogen-bond donors (Lipinski definition) is 0. The van der Waals surface area contributed by atoms with Gasteiger partial charge in [-0.15, -0.1) is 0 Å². The van der Waals surface area contributed by atoms with Gasteiger partial charge < -0.3 is 4.79 Å². The van der Waals surface area contributed by atoms with Crippen LogP contribution in [0.5, 0.6) is 0 Å². The SMILES string of the molecule is CC(=O)CC/C=C(\C)CC/C=C(\C)CC(=O)CC(C)C. The molecule has 0 spiro atoms. The Bertz CT molecular complexity index is 373. The molecule has 0 aliphatic rings. The van der Waals surface area contributed by atoms with E-state index < -0.39 is 0 Å². The van der Waals surface area contributed by atoms with Crippen LogP contribution in [-0.4, -0.2) is 11.6 Å². The lowest BCUT2D eigenvalue weighted by molar-refractivity contribution is -0.119. The highest BCUT2D eigenvalue weighted by Gasteiger charge is 2.05. The fraction of sp³-hybridized carbons (Fsp3) is 0.667. The summed E-state index contributed by atoms with van der Waals surface area (Å²) in [6, 6.07) is 0. The molecule has 0 bridgehead atoms. The van der Waals surface area contributed by atoms with E-state index in [1.165, 1.54) is 11.1 Å². The molecule has 0 atom stereocenters. The summed E-state index contributed by atoms with van der Waals surface area (Å²) in [5, 5.41) is 0. The Morgan fingerprint density at radius 3 is 2.00 bits per heavy atom. The van der Waals surface area contributed by atoms with Crippen LogP contribution < -0.4 is 0 Å². The second-order valence-electron chi connectivity index (χ2n) is 6.19. The molecule has 20 heavy (non-hydrogen) atoms. The fourth-order valence-corrected chi connectivity index (χ4v) is 2.08. The summed E-state index contributed by atoms with van der Waals surface area (Å²) in [5.41, 5.74) is 2.50. The van der Waals surface area contributed by atoms with E-state index in [4.69, 9.17) is 0 Å². The molecule has 0 fully saturated rings. The molecule has 0 amide bonds. The first-order valence-corrected chi connectivity index (χ1v) is 7.63. The third kappa shape index (κ3) is 11.9. The summed E-state index contributed by atoms with van der Waals surface area (Å²) in [6.45, 7) is 9.92. The average Bonchev–Trinajstić information content (AvgIpc) is 2.26. The maximum absolute atomic E-state index is 11.7. The number of Topliss-reactive ketones (excluding diaryl/α,β-unsaturated/α-hetero) is 2. The second kappa shape index (κ2) is 10.6. The van der Waals surface area contributed by atoms with Crippen molar-refractivity contribution in [2.24, 2.45) is 5.92 Å². The molecule has 0 saturated heterocycles. The van der Waals surface area contributed by atoms with Gasteiger partial charge in [0, 0.05) is 19.3 Å². The van der Waals surface area contributed by atoms with Crippen molar-refractivity contribution in [1.29, 1.82) is 0 Å². The number of rotatable bonds is 10. The molecule has 0 heterocycles. The molecule has 0 N–H and O–H groups in total. The summed E-state index contributed by atoms with van der Waals surface area (Å²) in [5.74, 6) is 1.03. The van der Waals surface area contributed by atoms with Crippen LogP contribution in [0, 0.1) is 5.92 Å². The zero-order valence-electron chi connectivity index (χ0n) is 13.8. The van der Waals surface area contributed by atoms with E-state index in [0.717, 1.165) is 19.3 Å². The van der Waals surface area contributed by atoms with Crippen molar-refractivity contribution in [2.45, 2.75) is 73.1 Å². The fourth-order valence-electron chi connectivity index (χ4n) is 2.08. The highest BCUT2D eigenvalue weighted by Crippen LogP contribution is 2.12. The van der Waals surface area contributed by atoms with Gasteiger partial charge in [0.2, 0.25) is 0 Å². The van der Waals surface area contributed by atoms with Gasteiger partial charge in [-0.3, -0.25) is 4.79 Å². The van der Waals surface area contributed by atoms with Crippen LogP contribution >= 0.6 is 0 Å². The number of allylic oxidation sites excluding steroid dienone is 4. The minimum absolute atomic E-state index is 0.244. The lowest BCUT2D eigenvalue weighted by Crippen LogP contribution is -2.02. The van der Waals surface area contributed by atoms with Gasteiger partial charge >= 0.3 is 0 Å². The van der Waals surface area contributed by atoms with Gasteiger partial charge in [-0.25, -0.2) is 0 Å². The van der Waals surface area contributed by atoms with Crippen LogP contribution in [0.25, 0.3) is 0 Å².